The fourth-order valence-electron chi connectivity index (χ4n) is 11.9. The standard InChI is InChI=1S/C90H99NO6S3/c1-4-7-10-13-16-19-70-98(92,93)88-64-52-82(53-65-88)43-37-76-28-22-73(23-29-76)34-40-79-46-58-85(59-47-79)91(86-60-48-80(49-61-86)41-35-74-24-30-77(31-25-74)38-44-83-54-66-89(67-55-83)99(94,95)71-20-17-14-11-8-5-2)87-62-50-81(51-63-87)42-36-75-26-32-78(33-27-75)39-45-84-56-68-90(69-57-84)100(96,97)72-21-18-15-12-9-6-3/h22-69H,4-21,70-72H2,1-3H3/b40-34+,41-35+,42-36+,43-37+,44-38+,45-39+. The van der Waals surface area contributed by atoms with Crippen molar-refractivity contribution in [3.8, 4) is 0 Å². The van der Waals surface area contributed by atoms with E-state index < -0.39 is 29.5 Å². The summed E-state index contributed by atoms with van der Waals surface area (Å²) in [6.45, 7) is 6.55. The van der Waals surface area contributed by atoms with E-state index in [2.05, 4.69) is 208 Å². The molecule has 0 fully saturated rings. The second-order valence-corrected chi connectivity index (χ2v) is 32.4. The van der Waals surface area contributed by atoms with Crippen LogP contribution in [0.1, 0.15) is 203 Å². The van der Waals surface area contributed by atoms with Crippen LogP contribution < -0.4 is 4.90 Å². The number of anilines is 3. The molecular formula is C90H99NO6S3. The van der Waals surface area contributed by atoms with Crippen molar-refractivity contribution in [2.75, 3.05) is 22.2 Å². The molecule has 0 radical (unpaired) electrons. The summed E-state index contributed by atoms with van der Waals surface area (Å²) in [4.78, 5) is 3.43. The number of hydrogen-bond acceptors (Lipinski definition) is 7. The van der Waals surface area contributed by atoms with E-state index in [0.29, 0.717) is 33.9 Å². The molecule has 0 spiro atoms. The molecule has 0 heterocycles. The third kappa shape index (κ3) is 24.5. The zero-order valence-electron chi connectivity index (χ0n) is 58.7. The van der Waals surface area contributed by atoms with E-state index in [1.54, 1.807) is 36.4 Å². The van der Waals surface area contributed by atoms with E-state index in [1.807, 2.05) is 72.9 Å². The van der Waals surface area contributed by atoms with E-state index in [0.717, 1.165) is 122 Å². The lowest BCUT2D eigenvalue weighted by atomic mass is 10.1. The summed E-state index contributed by atoms with van der Waals surface area (Å²) < 4.78 is 77.8. The molecule has 0 aliphatic rings. The summed E-state index contributed by atoms with van der Waals surface area (Å²) >= 11 is 0. The predicted octanol–water partition coefficient (Wildman–Crippen LogP) is 24.6. The van der Waals surface area contributed by atoms with Crippen LogP contribution in [0, 0.1) is 0 Å². The molecule has 100 heavy (non-hydrogen) atoms. The number of unbranched alkanes of at least 4 members (excludes halogenated alkanes) is 15. The average molecular weight is 1390 g/mol. The quantitative estimate of drug-likeness (QED) is 0.0279. The first-order valence-electron chi connectivity index (χ1n) is 36.1. The monoisotopic (exact) mass is 1390 g/mol. The Morgan fingerprint density at radius 3 is 0.510 bits per heavy atom. The fraction of sp³-hybridized carbons (Fsp3) is 0.267. The number of rotatable bonds is 39. The second-order valence-electron chi connectivity index (χ2n) is 26.1. The minimum absolute atomic E-state index is 0.193. The lowest BCUT2D eigenvalue weighted by Crippen LogP contribution is -2.09. The summed E-state index contributed by atoms with van der Waals surface area (Å²) in [5.41, 5.74) is 15.4. The van der Waals surface area contributed by atoms with Gasteiger partial charge in [0.2, 0.25) is 0 Å². The molecule has 0 saturated heterocycles. The van der Waals surface area contributed by atoms with Crippen molar-refractivity contribution in [1.82, 2.24) is 0 Å². The Balaban J connectivity index is 0.840. The molecule has 0 aromatic heterocycles. The van der Waals surface area contributed by atoms with Gasteiger partial charge in [0.1, 0.15) is 0 Å². The van der Waals surface area contributed by atoms with Crippen LogP contribution in [0.3, 0.4) is 0 Å². The molecule has 9 aromatic carbocycles. The van der Waals surface area contributed by atoms with E-state index >= 15 is 0 Å². The molecule has 0 aliphatic carbocycles. The van der Waals surface area contributed by atoms with Crippen molar-refractivity contribution in [3.63, 3.8) is 0 Å². The molecule has 9 aromatic rings. The van der Waals surface area contributed by atoms with Crippen molar-refractivity contribution >= 4 is 119 Å². The first-order valence-corrected chi connectivity index (χ1v) is 41.1. The van der Waals surface area contributed by atoms with Crippen molar-refractivity contribution in [3.05, 3.63) is 285 Å². The molecule has 0 N–H and O–H groups in total. The Labute approximate surface area is 599 Å². The third-order valence-corrected chi connectivity index (χ3v) is 23.5. The van der Waals surface area contributed by atoms with Gasteiger partial charge < -0.3 is 4.90 Å². The number of nitrogens with zero attached hydrogens (tertiary/aromatic N) is 1. The largest absolute Gasteiger partial charge is 0.311 e. The Morgan fingerprint density at radius 2 is 0.340 bits per heavy atom. The van der Waals surface area contributed by atoms with Crippen LogP contribution in [0.25, 0.3) is 72.9 Å². The molecule has 7 nitrogen and oxygen atoms in total. The van der Waals surface area contributed by atoms with Gasteiger partial charge in [-0.2, -0.15) is 0 Å². The van der Waals surface area contributed by atoms with Crippen molar-refractivity contribution in [2.24, 2.45) is 0 Å². The van der Waals surface area contributed by atoms with Gasteiger partial charge >= 0.3 is 0 Å². The van der Waals surface area contributed by atoms with Gasteiger partial charge in [0.05, 0.1) is 31.9 Å². The topological polar surface area (TPSA) is 106 Å². The van der Waals surface area contributed by atoms with Gasteiger partial charge in [0.25, 0.3) is 0 Å². The highest BCUT2D eigenvalue weighted by Gasteiger charge is 2.17. The first kappa shape index (κ1) is 75.3. The number of sulfone groups is 3. The van der Waals surface area contributed by atoms with Crippen LogP contribution in [-0.2, 0) is 29.5 Å². The van der Waals surface area contributed by atoms with Crippen LogP contribution >= 0.6 is 0 Å². The molecule has 518 valence electrons. The highest BCUT2D eigenvalue weighted by atomic mass is 32.2. The summed E-state index contributed by atoms with van der Waals surface area (Å²) in [6, 6.07) is 72.6. The van der Waals surface area contributed by atoms with Gasteiger partial charge in [0.15, 0.2) is 29.5 Å². The van der Waals surface area contributed by atoms with Gasteiger partial charge in [-0.15, -0.1) is 0 Å². The molecule has 0 atom stereocenters. The van der Waals surface area contributed by atoms with Crippen LogP contribution in [0.5, 0.6) is 0 Å². The van der Waals surface area contributed by atoms with E-state index in [1.165, 1.54) is 57.8 Å². The molecule has 9 rings (SSSR count). The van der Waals surface area contributed by atoms with Gasteiger partial charge in [-0.05, 0) is 159 Å². The third-order valence-electron chi connectivity index (χ3n) is 18.1. The normalized spacial score (nSPS) is 12.4. The summed E-state index contributed by atoms with van der Waals surface area (Å²) in [5.74, 6) is 0.580. The van der Waals surface area contributed by atoms with Gasteiger partial charge in [0, 0.05) is 17.1 Å². The summed E-state index contributed by atoms with van der Waals surface area (Å²) in [7, 11) is -9.88. The zero-order valence-corrected chi connectivity index (χ0v) is 61.1. The Kier molecular flexibility index (Phi) is 29.5. The minimum atomic E-state index is -3.29. The molecule has 0 saturated carbocycles. The van der Waals surface area contributed by atoms with Crippen molar-refractivity contribution in [2.45, 2.75) is 151 Å². The lowest BCUT2D eigenvalue weighted by molar-refractivity contribution is 0.582. The van der Waals surface area contributed by atoms with E-state index in [9.17, 15) is 25.3 Å². The smallest absolute Gasteiger partial charge is 0.178 e. The number of benzene rings is 9. The van der Waals surface area contributed by atoms with Crippen molar-refractivity contribution in [1.29, 1.82) is 0 Å². The van der Waals surface area contributed by atoms with E-state index in [4.69, 9.17) is 0 Å². The summed E-state index contributed by atoms with van der Waals surface area (Å²) in [5, 5.41) is 0. The van der Waals surface area contributed by atoms with Crippen LogP contribution in [0.2, 0.25) is 0 Å². The number of hydrogen-bond donors (Lipinski definition) is 0. The SMILES string of the molecule is CCCCCCCCS(=O)(=O)c1ccc(/C=C/c2ccc(/C=C/c3ccc(N(c4ccc(/C=C/c5ccc(/C=C/c6ccc(S(=O)(=O)CCCCCCCC)cc6)cc5)cc4)c4ccc(/C=C/c5ccc(/C=C/c6ccc(S(=O)(=O)CCCCCCCC)cc6)cc5)cc4)cc3)cc2)cc1. The molecule has 0 aliphatic heterocycles. The van der Waals surface area contributed by atoms with E-state index in [-0.39, 0.29) is 17.3 Å². The highest BCUT2D eigenvalue weighted by molar-refractivity contribution is 7.92. The molecule has 0 unspecified atom stereocenters. The maximum atomic E-state index is 13.0. The molecular weight excluding hydrogens is 1290 g/mol. The van der Waals surface area contributed by atoms with Gasteiger partial charge in [-0.25, -0.2) is 25.3 Å². The Hall–Kier alpha value is -8.93. The second kappa shape index (κ2) is 39.2. The molecule has 10 heteroatoms. The zero-order chi connectivity index (χ0) is 70.3. The maximum Gasteiger partial charge on any atom is 0.178 e. The fourth-order valence-corrected chi connectivity index (χ4v) is 16.0. The predicted molar refractivity (Wildman–Crippen MR) is 430 cm³/mol. The molecule has 0 bridgehead atoms. The lowest BCUT2D eigenvalue weighted by Gasteiger charge is -2.26. The Bertz CT molecular complexity index is 4030. The van der Waals surface area contributed by atoms with Crippen LogP contribution in [0.15, 0.2) is 233 Å². The maximum absolute atomic E-state index is 13.0. The Morgan fingerprint density at radius 1 is 0.200 bits per heavy atom. The van der Waals surface area contributed by atoms with Crippen LogP contribution in [0.4, 0.5) is 17.1 Å². The molecule has 0 amide bonds. The minimum Gasteiger partial charge on any atom is -0.311 e. The average Bonchev–Trinajstić information content (AvgIpc) is 0.810. The van der Waals surface area contributed by atoms with Gasteiger partial charge in [-0.1, -0.05) is 336 Å². The van der Waals surface area contributed by atoms with Crippen LogP contribution in [-0.4, -0.2) is 42.5 Å². The summed E-state index contributed by atoms with van der Waals surface area (Å²) in [6.07, 6.45) is 43.8. The highest BCUT2D eigenvalue weighted by Crippen LogP contribution is 2.36. The first-order chi connectivity index (χ1) is 48.6. The van der Waals surface area contributed by atoms with Crippen molar-refractivity contribution < 1.29 is 25.3 Å². The van der Waals surface area contributed by atoms with Gasteiger partial charge in [-0.3, -0.25) is 0 Å².